The van der Waals surface area contributed by atoms with Crippen LogP contribution >= 0.6 is 0 Å². The van der Waals surface area contributed by atoms with Gasteiger partial charge in [0.1, 0.15) is 24.4 Å². The first-order valence-electron chi connectivity index (χ1n) is 30.5. The summed E-state index contributed by atoms with van der Waals surface area (Å²) in [7, 11) is 0. The number of aliphatic hydroxyl groups excluding tert-OH is 5. The maximum absolute atomic E-state index is 13.0. The van der Waals surface area contributed by atoms with E-state index in [-0.39, 0.29) is 12.5 Å². The molecule has 1 amide bonds. The Labute approximate surface area is 453 Å². The monoisotopic (exact) mass is 1040 g/mol. The molecule has 1 aliphatic rings. The summed E-state index contributed by atoms with van der Waals surface area (Å²) in [6, 6.07) is -0.824. The highest BCUT2D eigenvalue weighted by molar-refractivity contribution is 5.76. The van der Waals surface area contributed by atoms with Crippen molar-refractivity contribution < 1.29 is 39.8 Å². The van der Waals surface area contributed by atoms with E-state index in [0.717, 1.165) is 77.0 Å². The number of hydrogen-bond acceptors (Lipinski definition) is 8. The van der Waals surface area contributed by atoms with Crippen LogP contribution in [-0.2, 0) is 14.3 Å². The summed E-state index contributed by atoms with van der Waals surface area (Å²) in [5, 5.41) is 54.4. The van der Waals surface area contributed by atoms with E-state index in [1.54, 1.807) is 6.08 Å². The highest BCUT2D eigenvalue weighted by Gasteiger charge is 2.44. The van der Waals surface area contributed by atoms with Gasteiger partial charge < -0.3 is 40.3 Å². The minimum Gasteiger partial charge on any atom is -0.394 e. The van der Waals surface area contributed by atoms with Gasteiger partial charge in [-0.1, -0.05) is 259 Å². The Balaban J connectivity index is 2.11. The van der Waals surface area contributed by atoms with E-state index in [1.165, 1.54) is 154 Å². The van der Waals surface area contributed by atoms with E-state index >= 15 is 0 Å². The Hall–Kier alpha value is -2.89. The molecule has 0 aromatic rings. The molecular weight excluding hydrogens is 923 g/mol. The Kier molecular flexibility index (Phi) is 50.0. The molecule has 7 unspecified atom stereocenters. The molecular formula is C65H113NO8. The van der Waals surface area contributed by atoms with Gasteiger partial charge in [0.05, 0.1) is 25.4 Å². The maximum Gasteiger partial charge on any atom is 0.220 e. The molecule has 426 valence electrons. The van der Waals surface area contributed by atoms with Gasteiger partial charge in [-0.05, 0) is 83.5 Å². The molecule has 9 heteroatoms. The SMILES string of the molecule is CC/C=C\C/C=C\C/C=C\C/C=C\C/C=C\C/C=C\CCCCCCCCCCCCCCCCCCCCC(=O)NC(COC1OC(CO)C(O)C(O)C1O)C(O)/C=C/CC/C=C/CCCCCCCCCC. The van der Waals surface area contributed by atoms with Crippen LogP contribution in [0.5, 0.6) is 0 Å². The van der Waals surface area contributed by atoms with Crippen molar-refractivity contribution in [2.24, 2.45) is 0 Å². The van der Waals surface area contributed by atoms with Gasteiger partial charge in [-0.25, -0.2) is 0 Å². The van der Waals surface area contributed by atoms with Crippen molar-refractivity contribution >= 4 is 5.91 Å². The molecule has 0 aromatic carbocycles. The number of ether oxygens (including phenoxy) is 2. The summed E-state index contributed by atoms with van der Waals surface area (Å²) in [6.07, 6.45) is 70.7. The molecule has 0 aliphatic carbocycles. The molecule has 1 aliphatic heterocycles. The zero-order chi connectivity index (χ0) is 53.6. The second-order valence-electron chi connectivity index (χ2n) is 20.8. The molecule has 0 saturated carbocycles. The molecule has 7 atom stereocenters. The van der Waals surface area contributed by atoms with Crippen molar-refractivity contribution in [1.29, 1.82) is 0 Å². The van der Waals surface area contributed by atoms with Crippen molar-refractivity contribution in [2.45, 2.75) is 294 Å². The van der Waals surface area contributed by atoms with Crippen molar-refractivity contribution in [3.8, 4) is 0 Å². The van der Waals surface area contributed by atoms with E-state index in [1.807, 2.05) is 6.08 Å². The number of rotatable bonds is 51. The van der Waals surface area contributed by atoms with Crippen LogP contribution in [-0.4, -0.2) is 87.5 Å². The normalized spacial score (nSPS) is 19.7. The van der Waals surface area contributed by atoms with E-state index < -0.39 is 49.5 Å². The fourth-order valence-electron chi connectivity index (χ4n) is 9.12. The molecule has 74 heavy (non-hydrogen) atoms. The third-order valence-corrected chi connectivity index (χ3v) is 13.9. The molecule has 1 rings (SSSR count). The standard InChI is InChI=1S/C65H113NO8/c1-3-5-7-9-11-13-15-17-19-20-21-22-23-24-25-26-27-28-29-30-31-32-33-34-35-36-37-38-39-40-41-43-45-47-49-51-53-55-61(69)66-58(57-73-65-64(72)63(71)62(70)60(56-67)74-65)59(68)54-52-50-48-46-44-42-18-16-14-12-10-8-6-4-2/h5,7,11,13,17,19,21-22,24-25,27-28,44,46,52,54,58-60,62-65,67-68,70-72H,3-4,6,8-10,12,14-16,18,20,23,26,29-43,45,47-51,53,55-57H2,1-2H3,(H,66,69)/b7-5-,13-11-,19-17-,22-21-,25-24-,28-27-,46-44+,54-52+. The van der Waals surface area contributed by atoms with Crippen LogP contribution in [0.15, 0.2) is 97.2 Å². The van der Waals surface area contributed by atoms with Crippen LogP contribution in [0.4, 0.5) is 0 Å². The summed E-state index contributed by atoms with van der Waals surface area (Å²) in [4.78, 5) is 13.0. The highest BCUT2D eigenvalue weighted by atomic mass is 16.7. The quantitative estimate of drug-likeness (QED) is 0.0261. The average Bonchev–Trinajstić information content (AvgIpc) is 3.40. The van der Waals surface area contributed by atoms with Gasteiger partial charge >= 0.3 is 0 Å². The predicted molar refractivity (Wildman–Crippen MR) is 313 cm³/mol. The van der Waals surface area contributed by atoms with Crippen molar-refractivity contribution in [3.63, 3.8) is 0 Å². The molecule has 9 nitrogen and oxygen atoms in total. The van der Waals surface area contributed by atoms with Gasteiger partial charge in [0.25, 0.3) is 0 Å². The van der Waals surface area contributed by atoms with Gasteiger partial charge in [0.2, 0.25) is 5.91 Å². The number of allylic oxidation sites excluding steroid dienone is 15. The lowest BCUT2D eigenvalue weighted by Crippen LogP contribution is -2.60. The molecule has 1 saturated heterocycles. The largest absolute Gasteiger partial charge is 0.394 e. The molecule has 0 radical (unpaired) electrons. The number of aliphatic hydroxyl groups is 5. The fraction of sp³-hybridized carbons (Fsp3) is 0.738. The van der Waals surface area contributed by atoms with Crippen molar-refractivity contribution in [1.82, 2.24) is 5.32 Å². The van der Waals surface area contributed by atoms with Gasteiger partial charge in [-0.2, -0.15) is 0 Å². The van der Waals surface area contributed by atoms with Crippen LogP contribution in [0.25, 0.3) is 0 Å². The Morgan fingerprint density at radius 2 is 0.851 bits per heavy atom. The number of amides is 1. The van der Waals surface area contributed by atoms with Crippen LogP contribution in [0.3, 0.4) is 0 Å². The second kappa shape index (κ2) is 53.5. The number of unbranched alkanes of at least 4 members (excludes halogenated alkanes) is 27. The van der Waals surface area contributed by atoms with Gasteiger partial charge in [-0.15, -0.1) is 0 Å². The van der Waals surface area contributed by atoms with E-state index in [9.17, 15) is 30.3 Å². The lowest BCUT2D eigenvalue weighted by Gasteiger charge is -2.40. The van der Waals surface area contributed by atoms with Crippen LogP contribution in [0.2, 0.25) is 0 Å². The summed E-state index contributed by atoms with van der Waals surface area (Å²) >= 11 is 0. The third-order valence-electron chi connectivity index (χ3n) is 13.9. The van der Waals surface area contributed by atoms with Crippen molar-refractivity contribution in [2.75, 3.05) is 13.2 Å². The number of carbonyl (C=O) groups is 1. The number of hydrogen-bond donors (Lipinski definition) is 6. The van der Waals surface area contributed by atoms with Gasteiger partial charge in [0, 0.05) is 6.42 Å². The van der Waals surface area contributed by atoms with E-state index in [0.29, 0.717) is 6.42 Å². The minimum atomic E-state index is -1.57. The fourth-order valence-corrected chi connectivity index (χ4v) is 9.12. The van der Waals surface area contributed by atoms with Crippen LogP contribution in [0, 0.1) is 0 Å². The van der Waals surface area contributed by atoms with Crippen molar-refractivity contribution in [3.05, 3.63) is 97.2 Å². The predicted octanol–water partition coefficient (Wildman–Crippen LogP) is 15.6. The third kappa shape index (κ3) is 42.2. The first-order valence-corrected chi connectivity index (χ1v) is 30.5. The van der Waals surface area contributed by atoms with E-state index in [2.05, 4.69) is 104 Å². The molecule has 0 aromatic heterocycles. The minimum absolute atomic E-state index is 0.188. The van der Waals surface area contributed by atoms with Crippen LogP contribution in [0.1, 0.15) is 251 Å². The first-order chi connectivity index (χ1) is 36.3. The maximum atomic E-state index is 13.0. The Morgan fingerprint density at radius 3 is 1.30 bits per heavy atom. The molecule has 0 bridgehead atoms. The summed E-state index contributed by atoms with van der Waals surface area (Å²) in [5.74, 6) is -0.188. The molecule has 0 spiro atoms. The Morgan fingerprint density at radius 1 is 0.473 bits per heavy atom. The lowest BCUT2D eigenvalue weighted by atomic mass is 9.99. The highest BCUT2D eigenvalue weighted by Crippen LogP contribution is 2.23. The van der Waals surface area contributed by atoms with Crippen LogP contribution < -0.4 is 5.32 Å². The topological polar surface area (TPSA) is 149 Å². The number of carbonyl (C=O) groups excluding carboxylic acids is 1. The lowest BCUT2D eigenvalue weighted by molar-refractivity contribution is -0.302. The number of nitrogens with one attached hydrogen (secondary N) is 1. The second-order valence-corrected chi connectivity index (χ2v) is 20.8. The van der Waals surface area contributed by atoms with E-state index in [4.69, 9.17) is 9.47 Å². The average molecular weight is 1040 g/mol. The first kappa shape index (κ1) is 69.1. The van der Waals surface area contributed by atoms with Gasteiger partial charge in [-0.3, -0.25) is 4.79 Å². The zero-order valence-electron chi connectivity index (χ0n) is 47.3. The smallest absolute Gasteiger partial charge is 0.220 e. The summed E-state index contributed by atoms with van der Waals surface area (Å²) in [6.45, 7) is 3.64. The molecule has 1 heterocycles. The summed E-state index contributed by atoms with van der Waals surface area (Å²) in [5.41, 5.74) is 0. The zero-order valence-corrected chi connectivity index (χ0v) is 47.3. The Bertz CT molecular complexity index is 1480. The molecule has 1 fully saturated rings. The van der Waals surface area contributed by atoms with Gasteiger partial charge in [0.15, 0.2) is 6.29 Å². The summed E-state index contributed by atoms with van der Waals surface area (Å²) < 4.78 is 11.2. The molecule has 6 N–H and O–H groups in total.